The molecule has 2 aromatic heterocycles. The third-order valence-electron chi connectivity index (χ3n) is 6.68. The molecule has 4 aromatic rings. The minimum atomic E-state index is 0.0321. The molecule has 0 atom stereocenters. The third-order valence-corrected chi connectivity index (χ3v) is 8.88. The molecule has 7 heteroatoms. The summed E-state index contributed by atoms with van der Waals surface area (Å²) in [7, 11) is 0. The average molecular weight is 488 g/mol. The minimum Gasteiger partial charge on any atom is -0.339 e. The van der Waals surface area contributed by atoms with Crippen LogP contribution in [0.3, 0.4) is 0 Å². The Morgan fingerprint density at radius 2 is 1.74 bits per heavy atom. The number of rotatable bonds is 5. The van der Waals surface area contributed by atoms with Crippen LogP contribution in [0.4, 0.5) is 0 Å². The first-order valence-electron chi connectivity index (χ1n) is 11.8. The first-order valence-corrected chi connectivity index (χ1v) is 13.6. The average Bonchev–Trinajstić information content (AvgIpc) is 3.61. The van der Waals surface area contributed by atoms with E-state index in [9.17, 15) is 9.59 Å². The van der Waals surface area contributed by atoms with Gasteiger partial charge in [-0.2, -0.15) is 0 Å². The number of nitrogens with zero attached hydrogens (tertiary/aromatic N) is 3. The summed E-state index contributed by atoms with van der Waals surface area (Å²) in [5.74, 6) is 0.793. The summed E-state index contributed by atoms with van der Waals surface area (Å²) in [6.07, 6.45) is 5.32. The molecular weight excluding hydrogens is 462 g/mol. The second-order valence-corrected chi connectivity index (χ2v) is 10.9. The standard InChI is InChI=1S/C27H25N3O2S2/c31-25(29-15-4-5-16-29)19-13-11-18(12-14-19)17-33-27-28-24-23(21-9-6-10-22(21)34-24)26(32)30(27)20-7-2-1-3-8-20/h1-3,7-8,11-14H,4-6,9-10,15-17H2. The maximum Gasteiger partial charge on any atom is 0.267 e. The third kappa shape index (κ3) is 3.87. The van der Waals surface area contributed by atoms with Crippen LogP contribution < -0.4 is 5.56 Å². The van der Waals surface area contributed by atoms with Crippen molar-refractivity contribution in [3.05, 3.63) is 86.5 Å². The Kier molecular flexibility index (Phi) is 5.75. The molecule has 6 rings (SSSR count). The summed E-state index contributed by atoms with van der Waals surface area (Å²) in [4.78, 5) is 35.4. The van der Waals surface area contributed by atoms with Gasteiger partial charge < -0.3 is 4.90 Å². The van der Waals surface area contributed by atoms with Crippen molar-refractivity contribution in [2.45, 2.75) is 43.0 Å². The topological polar surface area (TPSA) is 55.2 Å². The molecule has 0 N–H and O–H groups in total. The summed E-state index contributed by atoms with van der Waals surface area (Å²) >= 11 is 3.24. The van der Waals surface area contributed by atoms with Crippen molar-refractivity contribution in [1.29, 1.82) is 0 Å². The van der Waals surface area contributed by atoms with Gasteiger partial charge in [-0.3, -0.25) is 14.2 Å². The Labute approximate surface area is 206 Å². The first-order chi connectivity index (χ1) is 16.7. The SMILES string of the molecule is O=C(c1ccc(CSc2nc3sc4c(c3c(=O)n2-c2ccccc2)CCC4)cc1)N1CCCC1. The maximum atomic E-state index is 13.7. The van der Waals surface area contributed by atoms with Crippen LogP contribution in [0.5, 0.6) is 0 Å². The molecule has 0 spiro atoms. The van der Waals surface area contributed by atoms with Crippen molar-refractivity contribution in [3.63, 3.8) is 0 Å². The fourth-order valence-corrected chi connectivity index (χ4v) is 7.19. The Balaban J connectivity index is 1.31. The Bertz CT molecular complexity index is 1420. The molecule has 3 heterocycles. The summed E-state index contributed by atoms with van der Waals surface area (Å²) in [6, 6.07) is 17.7. The molecular formula is C27H25N3O2S2. The van der Waals surface area contributed by atoms with E-state index in [1.807, 2.05) is 59.5 Å². The number of likely N-dealkylation sites (tertiary alicyclic amines) is 1. The second-order valence-electron chi connectivity index (χ2n) is 8.89. The predicted octanol–water partition coefficient (Wildman–Crippen LogP) is 5.46. The van der Waals surface area contributed by atoms with E-state index in [0.717, 1.165) is 72.2 Å². The number of hydrogen-bond acceptors (Lipinski definition) is 5. The van der Waals surface area contributed by atoms with Crippen molar-refractivity contribution in [1.82, 2.24) is 14.5 Å². The van der Waals surface area contributed by atoms with E-state index in [-0.39, 0.29) is 11.5 Å². The number of aromatic nitrogens is 2. The van der Waals surface area contributed by atoms with Crippen molar-refractivity contribution in [3.8, 4) is 5.69 Å². The van der Waals surface area contributed by atoms with E-state index in [1.165, 1.54) is 10.4 Å². The van der Waals surface area contributed by atoms with Gasteiger partial charge in [-0.1, -0.05) is 42.1 Å². The molecule has 0 saturated carbocycles. The second kappa shape index (κ2) is 9.04. The smallest absolute Gasteiger partial charge is 0.267 e. The number of carbonyl (C=O) groups is 1. The number of benzene rings is 2. The van der Waals surface area contributed by atoms with Crippen molar-refractivity contribution in [2.24, 2.45) is 0 Å². The van der Waals surface area contributed by atoms with Gasteiger partial charge in [0.05, 0.1) is 11.1 Å². The van der Waals surface area contributed by atoms with Gasteiger partial charge in [-0.25, -0.2) is 4.98 Å². The van der Waals surface area contributed by atoms with Crippen LogP contribution in [0.25, 0.3) is 15.9 Å². The van der Waals surface area contributed by atoms with E-state index < -0.39 is 0 Å². The molecule has 2 aromatic carbocycles. The molecule has 2 aliphatic rings. The Hall–Kier alpha value is -2.90. The monoisotopic (exact) mass is 487 g/mol. The first kappa shape index (κ1) is 21.6. The van der Waals surface area contributed by atoms with Crippen LogP contribution in [0.15, 0.2) is 64.5 Å². The Morgan fingerprint density at radius 1 is 0.971 bits per heavy atom. The molecule has 1 saturated heterocycles. The van der Waals surface area contributed by atoms with Crippen LogP contribution in [0.2, 0.25) is 0 Å². The number of para-hydroxylation sites is 1. The van der Waals surface area contributed by atoms with Gasteiger partial charge in [0.25, 0.3) is 11.5 Å². The van der Waals surface area contributed by atoms with Crippen molar-refractivity contribution < 1.29 is 4.79 Å². The predicted molar refractivity (Wildman–Crippen MR) is 138 cm³/mol. The van der Waals surface area contributed by atoms with Gasteiger partial charge in [0.1, 0.15) is 4.83 Å². The number of amides is 1. The summed E-state index contributed by atoms with van der Waals surface area (Å²) < 4.78 is 1.77. The van der Waals surface area contributed by atoms with Crippen LogP contribution >= 0.6 is 23.1 Å². The minimum absolute atomic E-state index is 0.0321. The fourth-order valence-electron chi connectivity index (χ4n) is 4.92. The van der Waals surface area contributed by atoms with Crippen molar-refractivity contribution >= 4 is 39.2 Å². The molecule has 5 nitrogen and oxygen atoms in total. The van der Waals surface area contributed by atoms with Crippen molar-refractivity contribution in [2.75, 3.05) is 13.1 Å². The molecule has 0 radical (unpaired) electrons. The van der Waals surface area contributed by atoms with Gasteiger partial charge >= 0.3 is 0 Å². The van der Waals surface area contributed by atoms with E-state index in [0.29, 0.717) is 10.9 Å². The quantitative estimate of drug-likeness (QED) is 0.277. The van der Waals surface area contributed by atoms with Crippen LogP contribution in [-0.4, -0.2) is 33.4 Å². The number of carbonyl (C=O) groups excluding carboxylic acids is 1. The highest BCUT2D eigenvalue weighted by Gasteiger charge is 2.24. The summed E-state index contributed by atoms with van der Waals surface area (Å²) in [6.45, 7) is 1.71. The molecule has 0 unspecified atom stereocenters. The highest BCUT2D eigenvalue weighted by Crippen LogP contribution is 2.36. The van der Waals surface area contributed by atoms with E-state index in [4.69, 9.17) is 4.98 Å². The number of hydrogen-bond donors (Lipinski definition) is 0. The largest absolute Gasteiger partial charge is 0.339 e. The van der Waals surface area contributed by atoms with Gasteiger partial charge in [0.2, 0.25) is 0 Å². The lowest BCUT2D eigenvalue weighted by atomic mass is 10.1. The lowest BCUT2D eigenvalue weighted by molar-refractivity contribution is 0.0793. The van der Waals surface area contributed by atoms with Gasteiger partial charge in [-0.15, -0.1) is 11.3 Å². The molecule has 1 aliphatic heterocycles. The zero-order valence-corrected chi connectivity index (χ0v) is 20.5. The molecule has 1 aliphatic carbocycles. The molecule has 1 fully saturated rings. The van der Waals surface area contributed by atoms with Gasteiger partial charge in [0, 0.05) is 29.3 Å². The van der Waals surface area contributed by atoms with Gasteiger partial charge in [0.15, 0.2) is 5.16 Å². The van der Waals surface area contributed by atoms with E-state index in [1.54, 1.807) is 27.7 Å². The summed E-state index contributed by atoms with van der Waals surface area (Å²) in [5, 5.41) is 1.51. The molecule has 34 heavy (non-hydrogen) atoms. The normalized spacial score (nSPS) is 15.2. The van der Waals surface area contributed by atoms with Crippen LogP contribution in [0.1, 0.15) is 45.6 Å². The number of aryl methyl sites for hydroxylation is 2. The van der Waals surface area contributed by atoms with Crippen LogP contribution in [-0.2, 0) is 18.6 Å². The number of thioether (sulfide) groups is 1. The molecule has 172 valence electrons. The van der Waals surface area contributed by atoms with E-state index in [2.05, 4.69) is 0 Å². The molecule has 1 amide bonds. The van der Waals surface area contributed by atoms with E-state index >= 15 is 0 Å². The zero-order valence-electron chi connectivity index (χ0n) is 18.8. The lowest BCUT2D eigenvalue weighted by Gasteiger charge is -2.15. The number of fused-ring (bicyclic) bond motifs is 3. The molecule has 0 bridgehead atoms. The van der Waals surface area contributed by atoms with Gasteiger partial charge in [-0.05, 0) is 67.5 Å². The highest BCUT2D eigenvalue weighted by molar-refractivity contribution is 7.98. The number of thiophene rings is 1. The lowest BCUT2D eigenvalue weighted by Crippen LogP contribution is -2.27. The highest BCUT2D eigenvalue weighted by atomic mass is 32.2. The maximum absolute atomic E-state index is 13.7. The zero-order chi connectivity index (χ0) is 23.1. The summed E-state index contributed by atoms with van der Waals surface area (Å²) in [5.41, 5.74) is 3.92. The Morgan fingerprint density at radius 3 is 2.50 bits per heavy atom. The van der Waals surface area contributed by atoms with Crippen LogP contribution in [0, 0.1) is 0 Å². The fraction of sp³-hybridized carbons (Fsp3) is 0.296.